The Morgan fingerprint density at radius 1 is 1.32 bits per heavy atom. The lowest BCUT2D eigenvalue weighted by Gasteiger charge is -2.07. The van der Waals surface area contributed by atoms with Crippen LogP contribution in [0.2, 0.25) is 0 Å². The first-order valence-corrected chi connectivity index (χ1v) is 6.04. The SMILES string of the molecule is Cc1cccnc1CNC(=O)c1ccnc(CN)c1. The Bertz CT molecular complexity index is 583. The number of aryl methyl sites for hydroxylation is 1. The van der Waals surface area contributed by atoms with Crippen LogP contribution in [0.3, 0.4) is 0 Å². The van der Waals surface area contributed by atoms with Gasteiger partial charge in [0.1, 0.15) is 0 Å². The number of pyridine rings is 2. The lowest BCUT2D eigenvalue weighted by molar-refractivity contribution is 0.0950. The fourth-order valence-electron chi connectivity index (χ4n) is 1.70. The highest BCUT2D eigenvalue weighted by molar-refractivity contribution is 5.94. The monoisotopic (exact) mass is 256 g/mol. The van der Waals surface area contributed by atoms with Crippen LogP contribution in [0.25, 0.3) is 0 Å². The van der Waals surface area contributed by atoms with Gasteiger partial charge in [0.25, 0.3) is 5.91 Å². The van der Waals surface area contributed by atoms with Crippen LogP contribution in [0.1, 0.15) is 27.3 Å². The molecule has 98 valence electrons. The smallest absolute Gasteiger partial charge is 0.251 e. The topological polar surface area (TPSA) is 80.9 Å². The minimum Gasteiger partial charge on any atom is -0.346 e. The summed E-state index contributed by atoms with van der Waals surface area (Å²) < 4.78 is 0. The number of nitrogens with one attached hydrogen (secondary N) is 1. The lowest BCUT2D eigenvalue weighted by atomic mass is 10.2. The van der Waals surface area contributed by atoms with E-state index in [1.165, 1.54) is 0 Å². The van der Waals surface area contributed by atoms with Gasteiger partial charge in [0, 0.05) is 24.5 Å². The lowest BCUT2D eigenvalue weighted by Crippen LogP contribution is -2.24. The van der Waals surface area contributed by atoms with Crippen LogP contribution >= 0.6 is 0 Å². The van der Waals surface area contributed by atoms with Crippen LogP contribution in [0.5, 0.6) is 0 Å². The second-order valence-electron chi connectivity index (χ2n) is 4.19. The average molecular weight is 256 g/mol. The molecular weight excluding hydrogens is 240 g/mol. The van der Waals surface area contributed by atoms with Crippen LogP contribution in [-0.4, -0.2) is 15.9 Å². The number of aromatic nitrogens is 2. The number of nitrogens with two attached hydrogens (primary N) is 1. The van der Waals surface area contributed by atoms with Crippen LogP contribution in [0, 0.1) is 6.92 Å². The van der Waals surface area contributed by atoms with Gasteiger partial charge in [-0.2, -0.15) is 0 Å². The van der Waals surface area contributed by atoms with E-state index in [0.29, 0.717) is 24.3 Å². The fraction of sp³-hybridized carbons (Fsp3) is 0.214. The van der Waals surface area contributed by atoms with Crippen molar-refractivity contribution in [2.45, 2.75) is 20.0 Å². The summed E-state index contributed by atoms with van der Waals surface area (Å²) >= 11 is 0. The third kappa shape index (κ3) is 3.35. The summed E-state index contributed by atoms with van der Waals surface area (Å²) in [5.41, 5.74) is 8.68. The molecular formula is C14H16N4O. The van der Waals surface area contributed by atoms with Crippen molar-refractivity contribution in [1.29, 1.82) is 0 Å². The maximum absolute atomic E-state index is 12.0. The fourth-order valence-corrected chi connectivity index (χ4v) is 1.70. The van der Waals surface area contributed by atoms with Gasteiger partial charge in [0.05, 0.1) is 17.9 Å². The first-order chi connectivity index (χ1) is 9.20. The quantitative estimate of drug-likeness (QED) is 0.860. The second-order valence-corrected chi connectivity index (χ2v) is 4.19. The predicted octanol–water partition coefficient (Wildman–Crippen LogP) is 1.17. The molecule has 19 heavy (non-hydrogen) atoms. The zero-order valence-corrected chi connectivity index (χ0v) is 10.8. The highest BCUT2D eigenvalue weighted by atomic mass is 16.1. The molecule has 2 heterocycles. The van der Waals surface area contributed by atoms with Crippen molar-refractivity contribution < 1.29 is 4.79 Å². The first kappa shape index (κ1) is 13.2. The predicted molar refractivity (Wildman–Crippen MR) is 72.3 cm³/mol. The molecule has 0 aliphatic heterocycles. The summed E-state index contributed by atoms with van der Waals surface area (Å²) in [7, 11) is 0. The molecule has 3 N–H and O–H groups in total. The highest BCUT2D eigenvalue weighted by Gasteiger charge is 2.07. The van der Waals surface area contributed by atoms with Gasteiger partial charge >= 0.3 is 0 Å². The van der Waals surface area contributed by atoms with Crippen molar-refractivity contribution in [3.63, 3.8) is 0 Å². The van der Waals surface area contributed by atoms with E-state index in [1.54, 1.807) is 24.5 Å². The summed E-state index contributed by atoms with van der Waals surface area (Å²) in [6.45, 7) is 2.69. The maximum Gasteiger partial charge on any atom is 0.251 e. The zero-order valence-electron chi connectivity index (χ0n) is 10.8. The number of amides is 1. The van der Waals surface area contributed by atoms with E-state index in [0.717, 1.165) is 11.3 Å². The Labute approximate surface area is 111 Å². The van der Waals surface area contributed by atoms with Gasteiger partial charge < -0.3 is 11.1 Å². The molecule has 0 aliphatic carbocycles. The van der Waals surface area contributed by atoms with Gasteiger partial charge in [-0.25, -0.2) is 0 Å². The van der Waals surface area contributed by atoms with Crippen LogP contribution in [0.4, 0.5) is 0 Å². The average Bonchev–Trinajstić information content (AvgIpc) is 2.46. The standard InChI is InChI=1S/C14H16N4O/c1-10-3-2-5-17-13(10)9-18-14(19)11-4-6-16-12(7-11)8-15/h2-7H,8-9,15H2,1H3,(H,18,19). The number of carbonyl (C=O) groups excluding carboxylic acids is 1. The van der Waals surface area contributed by atoms with Gasteiger partial charge in [0.2, 0.25) is 0 Å². The molecule has 0 saturated carbocycles. The van der Waals surface area contributed by atoms with Crippen LogP contribution in [0.15, 0.2) is 36.7 Å². The van der Waals surface area contributed by atoms with E-state index >= 15 is 0 Å². The number of nitrogens with zero attached hydrogens (tertiary/aromatic N) is 2. The summed E-state index contributed by atoms with van der Waals surface area (Å²) in [5.74, 6) is -0.151. The molecule has 2 aromatic heterocycles. The minimum absolute atomic E-state index is 0.151. The molecule has 0 unspecified atom stereocenters. The second kappa shape index (κ2) is 6.06. The van der Waals surface area contributed by atoms with Gasteiger partial charge in [-0.3, -0.25) is 14.8 Å². The van der Waals surface area contributed by atoms with Crippen molar-refractivity contribution in [3.8, 4) is 0 Å². The molecule has 0 saturated heterocycles. The Balaban J connectivity index is 2.03. The summed E-state index contributed by atoms with van der Waals surface area (Å²) in [6.07, 6.45) is 3.30. The molecule has 2 aromatic rings. The van der Waals surface area contributed by atoms with Gasteiger partial charge in [-0.15, -0.1) is 0 Å². The van der Waals surface area contributed by atoms with Crippen molar-refractivity contribution >= 4 is 5.91 Å². The number of hydrogen-bond acceptors (Lipinski definition) is 4. The first-order valence-electron chi connectivity index (χ1n) is 6.04. The van der Waals surface area contributed by atoms with Gasteiger partial charge in [-0.05, 0) is 30.7 Å². The van der Waals surface area contributed by atoms with E-state index < -0.39 is 0 Å². The molecule has 0 atom stereocenters. The molecule has 0 aliphatic rings. The third-order valence-electron chi connectivity index (χ3n) is 2.82. The van der Waals surface area contributed by atoms with Gasteiger partial charge in [-0.1, -0.05) is 6.07 Å². The van der Waals surface area contributed by atoms with E-state index in [4.69, 9.17) is 5.73 Å². The zero-order chi connectivity index (χ0) is 13.7. The van der Waals surface area contributed by atoms with Crippen LogP contribution in [-0.2, 0) is 13.1 Å². The molecule has 2 rings (SSSR count). The Morgan fingerprint density at radius 3 is 2.89 bits per heavy atom. The molecule has 0 spiro atoms. The van der Waals surface area contributed by atoms with E-state index in [-0.39, 0.29) is 5.91 Å². The normalized spacial score (nSPS) is 10.2. The largest absolute Gasteiger partial charge is 0.346 e. The summed E-state index contributed by atoms with van der Waals surface area (Å²) in [4.78, 5) is 20.3. The summed E-state index contributed by atoms with van der Waals surface area (Å²) in [6, 6.07) is 7.20. The molecule has 5 heteroatoms. The van der Waals surface area contributed by atoms with E-state index in [9.17, 15) is 4.79 Å². The molecule has 1 amide bonds. The summed E-state index contributed by atoms with van der Waals surface area (Å²) in [5, 5.41) is 2.84. The molecule has 0 radical (unpaired) electrons. The van der Waals surface area contributed by atoms with Gasteiger partial charge in [0.15, 0.2) is 0 Å². The Hall–Kier alpha value is -2.27. The van der Waals surface area contributed by atoms with E-state index in [1.807, 2.05) is 19.1 Å². The van der Waals surface area contributed by atoms with Crippen molar-refractivity contribution in [2.24, 2.45) is 5.73 Å². The minimum atomic E-state index is -0.151. The van der Waals surface area contributed by atoms with Crippen molar-refractivity contribution in [2.75, 3.05) is 0 Å². The molecule has 0 bridgehead atoms. The highest BCUT2D eigenvalue weighted by Crippen LogP contribution is 2.04. The molecule has 0 fully saturated rings. The number of hydrogen-bond donors (Lipinski definition) is 2. The van der Waals surface area contributed by atoms with Crippen molar-refractivity contribution in [3.05, 3.63) is 59.2 Å². The molecule has 5 nitrogen and oxygen atoms in total. The third-order valence-corrected chi connectivity index (χ3v) is 2.82. The Kier molecular flexibility index (Phi) is 4.20. The maximum atomic E-state index is 12.0. The van der Waals surface area contributed by atoms with Crippen LogP contribution < -0.4 is 11.1 Å². The number of rotatable bonds is 4. The number of carbonyl (C=O) groups is 1. The van der Waals surface area contributed by atoms with Crippen molar-refractivity contribution in [1.82, 2.24) is 15.3 Å². The van der Waals surface area contributed by atoms with E-state index in [2.05, 4.69) is 15.3 Å². The molecule has 0 aromatic carbocycles. The Morgan fingerprint density at radius 2 is 2.16 bits per heavy atom.